The minimum absolute atomic E-state index is 0.0881. The summed E-state index contributed by atoms with van der Waals surface area (Å²) in [7, 11) is 1.19. The second-order valence-corrected chi connectivity index (χ2v) is 2.87. The molecule has 1 aliphatic heterocycles. The highest BCUT2D eigenvalue weighted by atomic mass is 16.8. The fourth-order valence-electron chi connectivity index (χ4n) is 0.891. The smallest absolute Gasteiger partial charge is 0.469 e. The Morgan fingerprint density at radius 1 is 1.56 bits per heavy atom. The Morgan fingerprint density at radius 3 is 2.75 bits per heavy atom. The molecular weight excluding hydrogens is 220 g/mol. The van der Waals surface area contributed by atoms with Crippen molar-refractivity contribution in [3.05, 3.63) is 12.2 Å². The molecule has 0 spiro atoms. The quantitative estimate of drug-likeness (QED) is 0.385. The van der Waals surface area contributed by atoms with E-state index in [2.05, 4.69) is 25.5 Å². The van der Waals surface area contributed by atoms with E-state index in [9.17, 15) is 14.4 Å². The van der Waals surface area contributed by atoms with E-state index in [1.807, 2.05) is 0 Å². The molecule has 7 nitrogen and oxygen atoms in total. The molecule has 1 fully saturated rings. The number of esters is 2. The minimum atomic E-state index is -1.09. The molecule has 0 N–H and O–H groups in total. The van der Waals surface area contributed by atoms with Crippen LogP contribution in [0, 0.1) is 0 Å². The lowest BCUT2D eigenvalue weighted by Crippen LogP contribution is -2.22. The van der Waals surface area contributed by atoms with Crippen molar-refractivity contribution in [1.82, 2.24) is 0 Å². The predicted molar refractivity (Wildman–Crippen MR) is 48.1 cm³/mol. The lowest BCUT2D eigenvalue weighted by Gasteiger charge is -2.09. The van der Waals surface area contributed by atoms with Gasteiger partial charge in [0.2, 0.25) is 0 Å². The number of methoxy groups -OCH3 is 1. The van der Waals surface area contributed by atoms with Crippen LogP contribution < -0.4 is 0 Å². The molecule has 0 aromatic carbocycles. The van der Waals surface area contributed by atoms with Crippen molar-refractivity contribution in [2.75, 3.05) is 13.7 Å². The molecule has 1 rings (SSSR count). The lowest BCUT2D eigenvalue weighted by atomic mass is 10.2. The van der Waals surface area contributed by atoms with E-state index >= 15 is 0 Å². The highest BCUT2D eigenvalue weighted by Crippen LogP contribution is 2.11. The molecule has 7 heteroatoms. The standard InChI is InChI=1S/C9H10O7/c1-5(3-6(10)13-2)8(11)15-7-4-14-9(12)16-7/h7H,1,3-4H2,2H3. The Labute approximate surface area is 90.9 Å². The number of rotatable bonds is 4. The number of hydrogen-bond donors (Lipinski definition) is 0. The third-order valence-corrected chi connectivity index (χ3v) is 1.68. The number of carbonyl (C=O) groups excluding carboxylic acids is 3. The third kappa shape index (κ3) is 3.26. The van der Waals surface area contributed by atoms with Crippen molar-refractivity contribution in [1.29, 1.82) is 0 Å². The monoisotopic (exact) mass is 230 g/mol. The zero-order valence-corrected chi connectivity index (χ0v) is 8.56. The molecule has 1 aliphatic rings. The average molecular weight is 230 g/mol. The topological polar surface area (TPSA) is 88.1 Å². The summed E-state index contributed by atoms with van der Waals surface area (Å²) in [5.41, 5.74) is -0.0881. The van der Waals surface area contributed by atoms with E-state index < -0.39 is 24.4 Å². The van der Waals surface area contributed by atoms with Gasteiger partial charge in [-0.1, -0.05) is 6.58 Å². The van der Waals surface area contributed by atoms with Gasteiger partial charge in [0.1, 0.15) is 0 Å². The summed E-state index contributed by atoms with van der Waals surface area (Å²) in [6.45, 7) is 3.18. The van der Waals surface area contributed by atoms with Gasteiger partial charge in [-0.15, -0.1) is 0 Å². The van der Waals surface area contributed by atoms with Gasteiger partial charge in [0.25, 0.3) is 6.29 Å². The fourth-order valence-corrected chi connectivity index (χ4v) is 0.891. The van der Waals surface area contributed by atoms with Gasteiger partial charge in [-0.3, -0.25) is 4.79 Å². The van der Waals surface area contributed by atoms with Crippen molar-refractivity contribution in [2.24, 2.45) is 0 Å². The largest absolute Gasteiger partial charge is 0.511 e. The van der Waals surface area contributed by atoms with Crippen molar-refractivity contribution >= 4 is 18.1 Å². The van der Waals surface area contributed by atoms with Crippen LogP contribution in [0.1, 0.15) is 6.42 Å². The van der Waals surface area contributed by atoms with Crippen molar-refractivity contribution < 1.29 is 33.3 Å². The van der Waals surface area contributed by atoms with E-state index in [0.29, 0.717) is 0 Å². The van der Waals surface area contributed by atoms with E-state index in [1.54, 1.807) is 0 Å². The highest BCUT2D eigenvalue weighted by molar-refractivity contribution is 5.93. The first-order valence-electron chi connectivity index (χ1n) is 4.32. The van der Waals surface area contributed by atoms with E-state index in [-0.39, 0.29) is 18.6 Å². The van der Waals surface area contributed by atoms with Gasteiger partial charge in [-0.2, -0.15) is 0 Å². The molecule has 0 aromatic rings. The van der Waals surface area contributed by atoms with Crippen LogP contribution in [0.25, 0.3) is 0 Å². The van der Waals surface area contributed by atoms with Crippen LogP contribution in [-0.2, 0) is 28.5 Å². The van der Waals surface area contributed by atoms with Crippen LogP contribution in [0.2, 0.25) is 0 Å². The normalized spacial score (nSPS) is 18.3. The van der Waals surface area contributed by atoms with Crippen molar-refractivity contribution in [2.45, 2.75) is 12.7 Å². The van der Waals surface area contributed by atoms with Gasteiger partial charge in [0.05, 0.1) is 13.5 Å². The first kappa shape index (κ1) is 12.0. The Balaban J connectivity index is 2.37. The van der Waals surface area contributed by atoms with E-state index in [4.69, 9.17) is 0 Å². The fraction of sp³-hybridized carbons (Fsp3) is 0.444. The Morgan fingerprint density at radius 2 is 2.25 bits per heavy atom. The Bertz CT molecular complexity index is 333. The second kappa shape index (κ2) is 5.15. The number of ether oxygens (including phenoxy) is 4. The van der Waals surface area contributed by atoms with Crippen LogP contribution in [0.15, 0.2) is 12.2 Å². The molecule has 1 atom stereocenters. The van der Waals surface area contributed by atoms with Crippen LogP contribution >= 0.6 is 0 Å². The number of cyclic esters (lactones) is 2. The molecule has 1 heterocycles. The maximum Gasteiger partial charge on any atom is 0.511 e. The summed E-state index contributed by atoms with van der Waals surface area (Å²) in [6, 6.07) is 0. The molecule has 0 bridgehead atoms. The first-order valence-corrected chi connectivity index (χ1v) is 4.32. The van der Waals surface area contributed by atoms with Crippen LogP contribution in [-0.4, -0.2) is 38.1 Å². The van der Waals surface area contributed by atoms with Gasteiger partial charge >= 0.3 is 18.1 Å². The van der Waals surface area contributed by atoms with Crippen molar-refractivity contribution in [3.63, 3.8) is 0 Å². The first-order chi connectivity index (χ1) is 7.52. The summed E-state index contributed by atoms with van der Waals surface area (Å²) in [5, 5.41) is 0. The van der Waals surface area contributed by atoms with Gasteiger partial charge in [0.15, 0.2) is 6.61 Å². The van der Waals surface area contributed by atoms with Gasteiger partial charge in [-0.05, 0) is 0 Å². The summed E-state index contributed by atoms with van der Waals surface area (Å²) in [4.78, 5) is 32.6. The molecule has 0 aromatic heterocycles. The summed E-state index contributed by atoms with van der Waals surface area (Å²) in [5.74, 6) is -1.45. The van der Waals surface area contributed by atoms with Crippen LogP contribution in [0.3, 0.4) is 0 Å². The van der Waals surface area contributed by atoms with Gasteiger partial charge in [-0.25, -0.2) is 9.59 Å². The van der Waals surface area contributed by atoms with Crippen LogP contribution in [0.5, 0.6) is 0 Å². The van der Waals surface area contributed by atoms with Gasteiger partial charge in [0, 0.05) is 5.57 Å². The molecule has 0 radical (unpaired) electrons. The van der Waals surface area contributed by atoms with E-state index in [0.717, 1.165) is 0 Å². The minimum Gasteiger partial charge on any atom is -0.469 e. The maximum atomic E-state index is 11.3. The summed E-state index contributed by atoms with van der Waals surface area (Å²) < 4.78 is 17.9. The Hall–Kier alpha value is -2.05. The highest BCUT2D eigenvalue weighted by Gasteiger charge is 2.29. The number of hydrogen-bond acceptors (Lipinski definition) is 7. The van der Waals surface area contributed by atoms with Crippen molar-refractivity contribution in [3.8, 4) is 0 Å². The summed E-state index contributed by atoms with van der Waals surface area (Å²) >= 11 is 0. The molecule has 0 amide bonds. The lowest BCUT2D eigenvalue weighted by molar-refractivity contribution is -0.159. The molecule has 88 valence electrons. The molecule has 1 saturated heterocycles. The predicted octanol–water partition coefficient (Wildman–Crippen LogP) is 0.142. The number of carbonyl (C=O) groups is 3. The molecule has 1 unspecified atom stereocenters. The van der Waals surface area contributed by atoms with Crippen LogP contribution in [0.4, 0.5) is 4.79 Å². The average Bonchev–Trinajstić information content (AvgIpc) is 2.63. The molecule has 16 heavy (non-hydrogen) atoms. The maximum absolute atomic E-state index is 11.3. The Kier molecular flexibility index (Phi) is 3.87. The SMILES string of the molecule is C=C(CC(=O)OC)C(=O)OC1COC(=O)O1. The van der Waals surface area contributed by atoms with E-state index in [1.165, 1.54) is 7.11 Å². The second-order valence-electron chi connectivity index (χ2n) is 2.87. The molecule has 0 aliphatic carbocycles. The zero-order chi connectivity index (χ0) is 12.1. The van der Waals surface area contributed by atoms with Gasteiger partial charge < -0.3 is 18.9 Å². The zero-order valence-electron chi connectivity index (χ0n) is 8.56. The molecular formula is C9H10O7. The molecule has 0 saturated carbocycles. The third-order valence-electron chi connectivity index (χ3n) is 1.68. The summed E-state index contributed by atoms with van der Waals surface area (Å²) in [6.07, 6.45) is -2.28.